The maximum Gasteiger partial charge on any atom is 0.188 e. The van der Waals surface area contributed by atoms with Crippen molar-refractivity contribution in [2.24, 2.45) is 16.6 Å². The Morgan fingerprint density at radius 3 is 2.94 bits per heavy atom. The first kappa shape index (κ1) is 14.5. The predicted molar refractivity (Wildman–Crippen MR) is 76.5 cm³/mol. The highest BCUT2D eigenvalue weighted by molar-refractivity contribution is 5.77. The normalized spacial score (nSPS) is 11.8. The SMILES string of the molecule is CC(C)CCCN=C(N)NCCc1ccccn1. The molecule has 0 aliphatic heterocycles. The van der Waals surface area contributed by atoms with Crippen molar-refractivity contribution in [3.8, 4) is 0 Å². The van der Waals surface area contributed by atoms with Crippen molar-refractivity contribution in [3.63, 3.8) is 0 Å². The lowest BCUT2D eigenvalue weighted by atomic mass is 10.1. The summed E-state index contributed by atoms with van der Waals surface area (Å²) in [4.78, 5) is 8.54. The molecule has 0 atom stereocenters. The van der Waals surface area contributed by atoms with Gasteiger partial charge in [0.25, 0.3) is 0 Å². The number of nitrogens with one attached hydrogen (secondary N) is 1. The van der Waals surface area contributed by atoms with Gasteiger partial charge in [-0.1, -0.05) is 19.9 Å². The first-order valence-electron chi connectivity index (χ1n) is 6.62. The van der Waals surface area contributed by atoms with Crippen LogP contribution in [0.25, 0.3) is 0 Å². The van der Waals surface area contributed by atoms with Crippen LogP contribution < -0.4 is 11.1 Å². The predicted octanol–water partition coefficient (Wildman–Crippen LogP) is 1.96. The number of aliphatic imine (C=N–C) groups is 1. The molecule has 0 amide bonds. The van der Waals surface area contributed by atoms with E-state index in [4.69, 9.17) is 5.73 Å². The number of pyridine rings is 1. The standard InChI is InChI=1S/C14H24N4/c1-12(2)6-5-10-17-14(15)18-11-8-13-7-3-4-9-16-13/h3-4,7,9,12H,5-6,8,10-11H2,1-2H3,(H3,15,17,18). The highest BCUT2D eigenvalue weighted by Gasteiger charge is 1.96. The van der Waals surface area contributed by atoms with Gasteiger partial charge in [0, 0.05) is 31.4 Å². The number of guanidine groups is 1. The molecule has 0 aromatic carbocycles. The van der Waals surface area contributed by atoms with Crippen LogP contribution in [0.2, 0.25) is 0 Å². The third-order valence-corrected chi connectivity index (χ3v) is 2.64. The van der Waals surface area contributed by atoms with Crippen molar-refractivity contribution in [1.29, 1.82) is 0 Å². The fourth-order valence-electron chi connectivity index (χ4n) is 1.62. The Morgan fingerprint density at radius 1 is 1.44 bits per heavy atom. The molecule has 0 saturated heterocycles. The highest BCUT2D eigenvalue weighted by atomic mass is 15.1. The minimum Gasteiger partial charge on any atom is -0.370 e. The molecule has 0 unspecified atom stereocenters. The van der Waals surface area contributed by atoms with E-state index in [0.717, 1.165) is 37.5 Å². The molecular formula is C14H24N4. The molecule has 0 bridgehead atoms. The zero-order valence-electron chi connectivity index (χ0n) is 11.4. The fourth-order valence-corrected chi connectivity index (χ4v) is 1.62. The minimum atomic E-state index is 0.537. The van der Waals surface area contributed by atoms with Crippen molar-refractivity contribution in [3.05, 3.63) is 30.1 Å². The summed E-state index contributed by atoms with van der Waals surface area (Å²) in [6, 6.07) is 5.92. The number of nitrogens with two attached hydrogens (primary N) is 1. The van der Waals surface area contributed by atoms with Gasteiger partial charge in [-0.15, -0.1) is 0 Å². The average Bonchev–Trinajstić information content (AvgIpc) is 2.36. The Labute approximate surface area is 110 Å². The van der Waals surface area contributed by atoms with Crippen molar-refractivity contribution >= 4 is 5.96 Å². The van der Waals surface area contributed by atoms with Crippen molar-refractivity contribution in [1.82, 2.24) is 10.3 Å². The lowest BCUT2D eigenvalue weighted by molar-refractivity contribution is 0.561. The second-order valence-electron chi connectivity index (χ2n) is 4.80. The molecule has 4 heteroatoms. The van der Waals surface area contributed by atoms with Crippen LogP contribution in [0.15, 0.2) is 29.4 Å². The monoisotopic (exact) mass is 248 g/mol. The summed E-state index contributed by atoms with van der Waals surface area (Å²) < 4.78 is 0. The average molecular weight is 248 g/mol. The molecular weight excluding hydrogens is 224 g/mol. The molecule has 1 aromatic heterocycles. The van der Waals surface area contributed by atoms with E-state index in [1.807, 2.05) is 18.2 Å². The van der Waals surface area contributed by atoms with Gasteiger partial charge in [0.05, 0.1) is 0 Å². The van der Waals surface area contributed by atoms with E-state index >= 15 is 0 Å². The molecule has 1 aromatic rings. The summed E-state index contributed by atoms with van der Waals surface area (Å²) >= 11 is 0. The molecule has 100 valence electrons. The second-order valence-corrected chi connectivity index (χ2v) is 4.80. The lowest BCUT2D eigenvalue weighted by Gasteiger charge is -2.06. The molecule has 1 heterocycles. The number of hydrogen-bond acceptors (Lipinski definition) is 2. The van der Waals surface area contributed by atoms with Crippen molar-refractivity contribution in [2.75, 3.05) is 13.1 Å². The molecule has 0 aliphatic rings. The maximum atomic E-state index is 5.77. The summed E-state index contributed by atoms with van der Waals surface area (Å²) in [6.07, 6.45) is 4.97. The Morgan fingerprint density at radius 2 is 2.28 bits per heavy atom. The Balaban J connectivity index is 2.13. The molecule has 0 fully saturated rings. The van der Waals surface area contributed by atoms with Gasteiger partial charge in [0.1, 0.15) is 0 Å². The van der Waals surface area contributed by atoms with Gasteiger partial charge >= 0.3 is 0 Å². The number of aromatic nitrogens is 1. The second kappa shape index (κ2) is 8.50. The molecule has 0 saturated carbocycles. The third kappa shape index (κ3) is 6.89. The van der Waals surface area contributed by atoms with Gasteiger partial charge in [-0.2, -0.15) is 0 Å². The number of rotatable bonds is 7. The molecule has 1 rings (SSSR count). The summed E-state index contributed by atoms with van der Waals surface area (Å²) in [5, 5.41) is 3.11. The van der Waals surface area contributed by atoms with E-state index in [1.165, 1.54) is 6.42 Å². The Bertz CT molecular complexity index is 346. The largest absolute Gasteiger partial charge is 0.370 e. The molecule has 18 heavy (non-hydrogen) atoms. The quantitative estimate of drug-likeness (QED) is 0.440. The fraction of sp³-hybridized carbons (Fsp3) is 0.571. The van der Waals surface area contributed by atoms with Crippen LogP contribution in [0.4, 0.5) is 0 Å². The van der Waals surface area contributed by atoms with Gasteiger partial charge in [0.2, 0.25) is 0 Å². The summed E-state index contributed by atoms with van der Waals surface area (Å²) in [6.45, 7) is 6.02. The molecule has 3 N–H and O–H groups in total. The van der Waals surface area contributed by atoms with E-state index in [9.17, 15) is 0 Å². The summed E-state index contributed by atoms with van der Waals surface area (Å²) in [5.74, 6) is 1.27. The van der Waals surface area contributed by atoms with Crippen LogP contribution >= 0.6 is 0 Å². The van der Waals surface area contributed by atoms with E-state index < -0.39 is 0 Å². The van der Waals surface area contributed by atoms with Gasteiger partial charge < -0.3 is 11.1 Å². The van der Waals surface area contributed by atoms with Crippen LogP contribution in [0.1, 0.15) is 32.4 Å². The van der Waals surface area contributed by atoms with Crippen LogP contribution in [0.5, 0.6) is 0 Å². The van der Waals surface area contributed by atoms with Crippen LogP contribution in [0, 0.1) is 5.92 Å². The number of hydrogen-bond donors (Lipinski definition) is 2. The van der Waals surface area contributed by atoms with Crippen molar-refractivity contribution < 1.29 is 0 Å². The summed E-state index contributed by atoms with van der Waals surface area (Å²) in [7, 11) is 0. The smallest absolute Gasteiger partial charge is 0.188 e. The highest BCUT2D eigenvalue weighted by Crippen LogP contribution is 2.02. The molecule has 4 nitrogen and oxygen atoms in total. The first-order valence-corrected chi connectivity index (χ1v) is 6.62. The van der Waals surface area contributed by atoms with E-state index in [-0.39, 0.29) is 0 Å². The minimum absolute atomic E-state index is 0.537. The van der Waals surface area contributed by atoms with Gasteiger partial charge in [-0.05, 0) is 30.9 Å². The van der Waals surface area contributed by atoms with Crippen molar-refractivity contribution in [2.45, 2.75) is 33.1 Å². The molecule has 0 spiro atoms. The van der Waals surface area contributed by atoms with E-state index in [1.54, 1.807) is 6.20 Å². The lowest BCUT2D eigenvalue weighted by Crippen LogP contribution is -2.33. The van der Waals surface area contributed by atoms with E-state index in [2.05, 4.69) is 29.1 Å². The van der Waals surface area contributed by atoms with Gasteiger partial charge in [-0.3, -0.25) is 9.98 Å². The molecule has 0 aliphatic carbocycles. The Hall–Kier alpha value is -1.58. The first-order chi connectivity index (χ1) is 8.68. The maximum absolute atomic E-state index is 5.77. The Kier molecular flexibility index (Phi) is 6.84. The van der Waals surface area contributed by atoms with Gasteiger partial charge in [-0.25, -0.2) is 0 Å². The van der Waals surface area contributed by atoms with Crippen LogP contribution in [-0.2, 0) is 6.42 Å². The zero-order valence-corrected chi connectivity index (χ0v) is 11.4. The zero-order chi connectivity index (χ0) is 13.2. The summed E-state index contributed by atoms with van der Waals surface area (Å²) in [5.41, 5.74) is 6.84. The van der Waals surface area contributed by atoms with E-state index in [0.29, 0.717) is 5.96 Å². The molecule has 0 radical (unpaired) electrons. The third-order valence-electron chi connectivity index (χ3n) is 2.64. The van der Waals surface area contributed by atoms with Crippen LogP contribution in [0.3, 0.4) is 0 Å². The topological polar surface area (TPSA) is 63.3 Å². The number of nitrogens with zero attached hydrogens (tertiary/aromatic N) is 2. The van der Waals surface area contributed by atoms with Crippen LogP contribution in [-0.4, -0.2) is 24.0 Å². The van der Waals surface area contributed by atoms with Gasteiger partial charge in [0.15, 0.2) is 5.96 Å².